The Morgan fingerprint density at radius 1 is 0.309 bits per heavy atom. The fraction of sp³-hybridized carbons (Fsp3) is 0. The zero-order valence-corrected chi connectivity index (χ0v) is 36.7. The number of fused-ring (bicyclic) bond motifs is 6. The second kappa shape index (κ2) is 16.3. The van der Waals surface area contributed by atoms with Crippen molar-refractivity contribution in [3.05, 3.63) is 237 Å². The Balaban J connectivity index is 1.09. The molecule has 0 unspecified atom stereocenters. The maximum Gasteiger partial charge on any atom is 0.164 e. The lowest BCUT2D eigenvalue weighted by atomic mass is 9.95. The lowest BCUT2D eigenvalue weighted by molar-refractivity contribution is 0.669. The fourth-order valence-electron chi connectivity index (χ4n) is 9.64. The first-order valence-corrected chi connectivity index (χ1v) is 22.8. The first-order chi connectivity index (χ1) is 33.7. The van der Waals surface area contributed by atoms with Crippen LogP contribution >= 0.6 is 0 Å². The van der Waals surface area contributed by atoms with E-state index in [0.717, 1.165) is 111 Å². The van der Waals surface area contributed by atoms with Crippen molar-refractivity contribution in [2.24, 2.45) is 0 Å². The third-order valence-corrected chi connectivity index (χ3v) is 12.9. The number of furan rings is 1. The minimum absolute atomic E-state index is 0.572. The predicted octanol–water partition coefficient (Wildman–Crippen LogP) is 15.9. The molecule has 4 heterocycles. The van der Waals surface area contributed by atoms with Gasteiger partial charge >= 0.3 is 0 Å². The average molecular weight is 870 g/mol. The number of benzene rings is 9. The van der Waals surface area contributed by atoms with Crippen molar-refractivity contribution < 1.29 is 4.42 Å². The van der Waals surface area contributed by atoms with Crippen LogP contribution < -0.4 is 0 Å². The SMILES string of the molecule is c1ccc(-c2ccc3c(c2)c2cc(-c4ccccc4)ccc2n3-c2cc(-c3nc(-c4ccccc4)nc(-c4ccccc4)n3)ccc2-c2ncccc2-c2ccc3oc4ccccc4c3c2)cc1. The molecule has 0 amide bonds. The van der Waals surface area contributed by atoms with Gasteiger partial charge in [0.2, 0.25) is 0 Å². The van der Waals surface area contributed by atoms with Gasteiger partial charge in [0.1, 0.15) is 11.2 Å². The van der Waals surface area contributed by atoms with Crippen molar-refractivity contribution in [3.63, 3.8) is 0 Å². The molecule has 0 aliphatic rings. The molecule has 9 aromatic carbocycles. The molecule has 0 atom stereocenters. The molecule has 0 saturated carbocycles. The topological polar surface area (TPSA) is 69.6 Å². The largest absolute Gasteiger partial charge is 0.456 e. The highest BCUT2D eigenvalue weighted by Crippen LogP contribution is 2.43. The van der Waals surface area contributed by atoms with E-state index in [2.05, 4.69) is 156 Å². The second-order valence-corrected chi connectivity index (χ2v) is 17.0. The van der Waals surface area contributed by atoms with E-state index >= 15 is 0 Å². The first kappa shape index (κ1) is 39.1. The Morgan fingerprint density at radius 3 is 1.40 bits per heavy atom. The first-order valence-electron chi connectivity index (χ1n) is 22.8. The van der Waals surface area contributed by atoms with E-state index in [-0.39, 0.29) is 0 Å². The van der Waals surface area contributed by atoms with E-state index < -0.39 is 0 Å². The van der Waals surface area contributed by atoms with Crippen molar-refractivity contribution in [2.45, 2.75) is 0 Å². The summed E-state index contributed by atoms with van der Waals surface area (Å²) in [5.41, 5.74) is 16.0. The van der Waals surface area contributed by atoms with Gasteiger partial charge in [0, 0.05) is 55.6 Å². The van der Waals surface area contributed by atoms with E-state index in [9.17, 15) is 0 Å². The minimum atomic E-state index is 0.572. The Labute approximate surface area is 392 Å². The van der Waals surface area contributed by atoms with E-state index in [4.69, 9.17) is 24.4 Å². The summed E-state index contributed by atoms with van der Waals surface area (Å²) >= 11 is 0. The van der Waals surface area contributed by atoms with Gasteiger partial charge in [-0.15, -0.1) is 0 Å². The predicted molar refractivity (Wildman–Crippen MR) is 277 cm³/mol. The highest BCUT2D eigenvalue weighted by Gasteiger charge is 2.23. The Kier molecular flexibility index (Phi) is 9.39. The Morgan fingerprint density at radius 2 is 0.794 bits per heavy atom. The van der Waals surface area contributed by atoms with E-state index in [1.54, 1.807) is 0 Å². The lowest BCUT2D eigenvalue weighted by Gasteiger charge is -2.18. The maximum atomic E-state index is 6.27. The van der Waals surface area contributed by atoms with Crippen LogP contribution in [0.2, 0.25) is 0 Å². The number of para-hydroxylation sites is 1. The van der Waals surface area contributed by atoms with Crippen molar-refractivity contribution in [1.82, 2.24) is 24.5 Å². The van der Waals surface area contributed by atoms with Crippen LogP contribution in [0.5, 0.6) is 0 Å². The zero-order chi connectivity index (χ0) is 45.0. The average Bonchev–Trinajstić information content (AvgIpc) is 3.96. The van der Waals surface area contributed by atoms with Crippen LogP contribution in [0.4, 0.5) is 0 Å². The molecule has 0 aliphatic carbocycles. The van der Waals surface area contributed by atoms with Crippen molar-refractivity contribution in [3.8, 4) is 84.5 Å². The van der Waals surface area contributed by atoms with Crippen LogP contribution in [0, 0.1) is 0 Å². The molecule has 0 spiro atoms. The molecule has 13 aromatic rings. The number of nitrogens with zero attached hydrogens (tertiary/aromatic N) is 5. The second-order valence-electron chi connectivity index (χ2n) is 17.0. The van der Waals surface area contributed by atoms with Crippen molar-refractivity contribution in [1.29, 1.82) is 0 Å². The molecule has 6 heteroatoms. The van der Waals surface area contributed by atoms with Gasteiger partial charge in [0.15, 0.2) is 17.5 Å². The summed E-state index contributed by atoms with van der Waals surface area (Å²) in [4.78, 5) is 20.6. The molecule has 318 valence electrons. The normalized spacial score (nSPS) is 11.5. The van der Waals surface area contributed by atoms with Gasteiger partial charge in [0.05, 0.1) is 22.4 Å². The van der Waals surface area contributed by atoms with E-state index in [1.165, 1.54) is 0 Å². The molecule has 0 saturated heterocycles. The molecule has 6 nitrogen and oxygen atoms in total. The van der Waals surface area contributed by atoms with Crippen LogP contribution in [-0.2, 0) is 0 Å². The standard InChI is InChI=1S/C62H39N5O/c1-5-16-40(17-6-1)44-28-32-54-51(36-44)52-37-45(41-18-7-2-8-19-41)29-33-55(52)67(54)56-39-47(62-65-60(42-20-9-3-10-21-42)64-61(66-62)43-22-11-4-12-23-43)27-31-50(56)59-48(25-15-35-63-59)46-30-34-58-53(38-46)49-24-13-14-26-57(49)68-58/h1-39H. The van der Waals surface area contributed by atoms with Gasteiger partial charge < -0.3 is 8.98 Å². The van der Waals surface area contributed by atoms with Crippen molar-refractivity contribution in [2.75, 3.05) is 0 Å². The van der Waals surface area contributed by atoms with E-state index in [1.807, 2.05) is 85.1 Å². The number of hydrogen-bond acceptors (Lipinski definition) is 5. The third-order valence-electron chi connectivity index (χ3n) is 12.9. The van der Waals surface area contributed by atoms with Gasteiger partial charge in [-0.3, -0.25) is 4.98 Å². The molecule has 68 heavy (non-hydrogen) atoms. The molecule has 13 rings (SSSR count). The van der Waals surface area contributed by atoms with E-state index in [0.29, 0.717) is 17.5 Å². The summed E-state index contributed by atoms with van der Waals surface area (Å²) in [6, 6.07) is 80.5. The summed E-state index contributed by atoms with van der Waals surface area (Å²) in [6.45, 7) is 0. The molecule has 0 N–H and O–H groups in total. The molecule has 0 fully saturated rings. The quantitative estimate of drug-likeness (QED) is 0.152. The summed E-state index contributed by atoms with van der Waals surface area (Å²) in [5.74, 6) is 1.78. The van der Waals surface area contributed by atoms with Gasteiger partial charge in [-0.25, -0.2) is 15.0 Å². The monoisotopic (exact) mass is 869 g/mol. The number of rotatable bonds is 8. The van der Waals surface area contributed by atoms with Crippen LogP contribution in [0.15, 0.2) is 241 Å². The molecule has 0 radical (unpaired) electrons. The van der Waals surface area contributed by atoms with Crippen LogP contribution in [0.25, 0.3) is 128 Å². The summed E-state index contributed by atoms with van der Waals surface area (Å²) < 4.78 is 8.67. The van der Waals surface area contributed by atoms with Crippen LogP contribution in [0.3, 0.4) is 0 Å². The summed E-state index contributed by atoms with van der Waals surface area (Å²) in [6.07, 6.45) is 1.89. The van der Waals surface area contributed by atoms with Gasteiger partial charge in [-0.05, 0) is 88.5 Å². The zero-order valence-electron chi connectivity index (χ0n) is 36.7. The number of aromatic nitrogens is 5. The Bertz CT molecular complexity index is 3860. The molecule has 0 bridgehead atoms. The highest BCUT2D eigenvalue weighted by atomic mass is 16.3. The molecule has 0 aliphatic heterocycles. The van der Waals surface area contributed by atoms with Gasteiger partial charge in [0.25, 0.3) is 0 Å². The molecule has 4 aromatic heterocycles. The smallest absolute Gasteiger partial charge is 0.164 e. The molecular weight excluding hydrogens is 831 g/mol. The van der Waals surface area contributed by atoms with Crippen LogP contribution in [-0.4, -0.2) is 24.5 Å². The highest BCUT2D eigenvalue weighted by molar-refractivity contribution is 6.12. The fourth-order valence-corrected chi connectivity index (χ4v) is 9.64. The van der Waals surface area contributed by atoms with Gasteiger partial charge in [-0.2, -0.15) is 0 Å². The number of hydrogen-bond donors (Lipinski definition) is 0. The third kappa shape index (κ3) is 6.82. The number of pyridine rings is 1. The summed E-state index contributed by atoms with van der Waals surface area (Å²) in [7, 11) is 0. The molecular formula is C62H39N5O. The Hall–Kier alpha value is -9.26. The minimum Gasteiger partial charge on any atom is -0.456 e. The lowest BCUT2D eigenvalue weighted by Crippen LogP contribution is -2.03. The van der Waals surface area contributed by atoms with Gasteiger partial charge in [-0.1, -0.05) is 170 Å². The summed E-state index contributed by atoms with van der Waals surface area (Å²) in [5, 5.41) is 4.43. The maximum absolute atomic E-state index is 6.27. The van der Waals surface area contributed by atoms with Crippen LogP contribution in [0.1, 0.15) is 0 Å². The van der Waals surface area contributed by atoms with Crippen molar-refractivity contribution >= 4 is 43.7 Å².